The van der Waals surface area contributed by atoms with Crippen LogP contribution in [-0.2, 0) is 17.7 Å². The molecule has 2 N–H and O–H groups in total. The van der Waals surface area contributed by atoms with Gasteiger partial charge in [-0.1, -0.05) is 5.16 Å². The van der Waals surface area contributed by atoms with E-state index in [2.05, 4.69) is 15.2 Å². The number of nitrogen functional groups attached to an aromatic ring is 1. The van der Waals surface area contributed by atoms with Crippen LogP contribution in [0.3, 0.4) is 0 Å². The molecule has 0 saturated heterocycles. The second-order valence-electron chi connectivity index (χ2n) is 3.83. The average molecular weight is 237 g/mol. The first kappa shape index (κ1) is 11.6. The molecule has 0 bridgehead atoms. The van der Waals surface area contributed by atoms with Crippen molar-refractivity contribution in [2.24, 2.45) is 0 Å². The van der Waals surface area contributed by atoms with Gasteiger partial charge in [-0.05, 0) is 6.92 Å². The molecule has 0 aliphatic rings. The average Bonchev–Trinajstić information content (AvgIpc) is 2.89. The van der Waals surface area contributed by atoms with Crippen LogP contribution in [-0.4, -0.2) is 33.1 Å². The van der Waals surface area contributed by atoms with Gasteiger partial charge in [-0.15, -0.1) is 0 Å². The smallest absolute Gasteiger partial charge is 0.248 e. The van der Waals surface area contributed by atoms with Crippen LogP contribution >= 0.6 is 0 Å². The normalized spacial score (nSPS) is 12.8. The summed E-state index contributed by atoms with van der Waals surface area (Å²) in [5.74, 6) is 1.14. The molecule has 0 amide bonds. The highest BCUT2D eigenvalue weighted by molar-refractivity contribution is 5.30. The number of aromatic nitrogens is 4. The fourth-order valence-corrected chi connectivity index (χ4v) is 1.38. The number of ether oxygens (including phenoxy) is 1. The van der Waals surface area contributed by atoms with Gasteiger partial charge in [0.1, 0.15) is 6.54 Å². The van der Waals surface area contributed by atoms with Crippen molar-refractivity contribution >= 4 is 5.69 Å². The fourth-order valence-electron chi connectivity index (χ4n) is 1.38. The lowest BCUT2D eigenvalue weighted by atomic mass is 10.3. The molecule has 7 nitrogen and oxygen atoms in total. The van der Waals surface area contributed by atoms with Crippen molar-refractivity contribution in [3.05, 3.63) is 24.1 Å². The maximum atomic E-state index is 5.55. The predicted octanol–water partition coefficient (Wildman–Crippen LogP) is 0.474. The van der Waals surface area contributed by atoms with Gasteiger partial charge in [0, 0.05) is 19.7 Å². The lowest BCUT2D eigenvalue weighted by Gasteiger charge is -2.03. The van der Waals surface area contributed by atoms with E-state index in [1.165, 1.54) is 0 Å². The first-order valence-corrected chi connectivity index (χ1v) is 5.29. The molecule has 2 aromatic rings. The van der Waals surface area contributed by atoms with Gasteiger partial charge in [0.15, 0.2) is 5.82 Å². The molecule has 2 heterocycles. The van der Waals surface area contributed by atoms with Crippen LogP contribution < -0.4 is 5.73 Å². The summed E-state index contributed by atoms with van der Waals surface area (Å²) in [6, 6.07) is 0. The molecule has 1 unspecified atom stereocenters. The molecule has 0 saturated carbocycles. The van der Waals surface area contributed by atoms with Crippen molar-refractivity contribution in [2.75, 3.05) is 12.8 Å². The number of rotatable bonds is 5. The first-order chi connectivity index (χ1) is 8.17. The molecule has 0 spiro atoms. The number of hydrogen-bond donors (Lipinski definition) is 1. The van der Waals surface area contributed by atoms with Crippen LogP contribution in [0, 0.1) is 0 Å². The third-order valence-electron chi connectivity index (χ3n) is 2.33. The Morgan fingerprint density at radius 3 is 3.06 bits per heavy atom. The Hall–Kier alpha value is -1.89. The van der Waals surface area contributed by atoms with Crippen LogP contribution in [0.1, 0.15) is 18.6 Å². The quantitative estimate of drug-likeness (QED) is 0.812. The minimum atomic E-state index is 0.0702. The van der Waals surface area contributed by atoms with Crippen LogP contribution in [0.5, 0.6) is 0 Å². The molecule has 0 aromatic carbocycles. The number of hydrogen-bond acceptors (Lipinski definition) is 6. The van der Waals surface area contributed by atoms with E-state index in [9.17, 15) is 0 Å². The predicted molar refractivity (Wildman–Crippen MR) is 60.2 cm³/mol. The Bertz CT molecular complexity index is 479. The Kier molecular flexibility index (Phi) is 3.38. The van der Waals surface area contributed by atoms with Crippen LogP contribution in [0.2, 0.25) is 0 Å². The number of methoxy groups -OCH3 is 1. The van der Waals surface area contributed by atoms with Gasteiger partial charge in [0.2, 0.25) is 5.89 Å². The molecular weight excluding hydrogens is 222 g/mol. The summed E-state index contributed by atoms with van der Waals surface area (Å²) in [6.45, 7) is 2.37. The molecule has 0 aliphatic carbocycles. The zero-order valence-electron chi connectivity index (χ0n) is 9.83. The number of anilines is 1. The molecule has 0 fully saturated rings. The maximum Gasteiger partial charge on any atom is 0.248 e. The summed E-state index contributed by atoms with van der Waals surface area (Å²) < 4.78 is 11.9. The Labute approximate surface area is 98.6 Å². The zero-order valence-corrected chi connectivity index (χ0v) is 9.83. The molecule has 17 heavy (non-hydrogen) atoms. The summed E-state index contributed by atoms with van der Waals surface area (Å²) in [4.78, 5) is 4.24. The second kappa shape index (κ2) is 4.96. The molecule has 0 radical (unpaired) electrons. The minimum absolute atomic E-state index is 0.0702. The maximum absolute atomic E-state index is 5.55. The van der Waals surface area contributed by atoms with E-state index < -0.39 is 0 Å². The standard InChI is InChI=1S/C10H15N5O2/c1-7(16-2)3-9-13-10(17-14-9)6-15-5-8(11)4-12-15/h4-5,7H,3,6,11H2,1-2H3. The highest BCUT2D eigenvalue weighted by Gasteiger charge is 2.10. The summed E-state index contributed by atoms with van der Waals surface area (Å²) in [5.41, 5.74) is 6.16. The van der Waals surface area contributed by atoms with E-state index in [0.717, 1.165) is 0 Å². The second-order valence-corrected chi connectivity index (χ2v) is 3.83. The van der Waals surface area contributed by atoms with Crippen molar-refractivity contribution in [1.82, 2.24) is 19.9 Å². The Balaban J connectivity index is 1.98. The van der Waals surface area contributed by atoms with E-state index in [4.69, 9.17) is 15.0 Å². The minimum Gasteiger partial charge on any atom is -0.396 e. The van der Waals surface area contributed by atoms with Crippen molar-refractivity contribution in [3.8, 4) is 0 Å². The molecule has 2 rings (SSSR count). The van der Waals surface area contributed by atoms with Crippen molar-refractivity contribution < 1.29 is 9.26 Å². The highest BCUT2D eigenvalue weighted by Crippen LogP contribution is 2.05. The third kappa shape index (κ3) is 3.04. The van der Waals surface area contributed by atoms with Gasteiger partial charge >= 0.3 is 0 Å². The van der Waals surface area contributed by atoms with E-state index in [1.807, 2.05) is 6.92 Å². The first-order valence-electron chi connectivity index (χ1n) is 5.29. The third-order valence-corrected chi connectivity index (χ3v) is 2.33. The van der Waals surface area contributed by atoms with Gasteiger partial charge in [-0.3, -0.25) is 4.68 Å². The fraction of sp³-hybridized carbons (Fsp3) is 0.500. The molecular formula is C10H15N5O2. The lowest BCUT2D eigenvalue weighted by Crippen LogP contribution is -2.09. The topological polar surface area (TPSA) is 92.0 Å². The van der Waals surface area contributed by atoms with Crippen LogP contribution in [0.25, 0.3) is 0 Å². The SMILES string of the molecule is COC(C)Cc1noc(Cn2cc(N)cn2)n1. The van der Waals surface area contributed by atoms with Gasteiger partial charge in [-0.2, -0.15) is 10.1 Å². The Morgan fingerprint density at radius 1 is 1.59 bits per heavy atom. The van der Waals surface area contributed by atoms with E-state index in [0.29, 0.717) is 30.4 Å². The lowest BCUT2D eigenvalue weighted by molar-refractivity contribution is 0.116. The molecule has 0 aliphatic heterocycles. The molecule has 1 atom stereocenters. The zero-order chi connectivity index (χ0) is 12.3. The Morgan fingerprint density at radius 2 is 2.41 bits per heavy atom. The van der Waals surface area contributed by atoms with Crippen molar-refractivity contribution in [2.45, 2.75) is 26.0 Å². The summed E-state index contributed by atoms with van der Waals surface area (Å²) in [6.07, 6.45) is 3.98. The van der Waals surface area contributed by atoms with Crippen LogP contribution in [0.4, 0.5) is 5.69 Å². The summed E-state index contributed by atoms with van der Waals surface area (Å²) >= 11 is 0. The largest absolute Gasteiger partial charge is 0.396 e. The molecule has 92 valence electrons. The summed E-state index contributed by atoms with van der Waals surface area (Å²) in [7, 11) is 1.65. The number of nitrogens with two attached hydrogens (primary N) is 1. The van der Waals surface area contributed by atoms with E-state index >= 15 is 0 Å². The molecule has 2 aromatic heterocycles. The monoisotopic (exact) mass is 237 g/mol. The van der Waals surface area contributed by atoms with Crippen molar-refractivity contribution in [3.63, 3.8) is 0 Å². The van der Waals surface area contributed by atoms with Gasteiger partial charge in [0.25, 0.3) is 0 Å². The number of nitrogens with zero attached hydrogens (tertiary/aromatic N) is 4. The van der Waals surface area contributed by atoms with Gasteiger partial charge in [0.05, 0.1) is 18.0 Å². The summed E-state index contributed by atoms with van der Waals surface area (Å²) in [5, 5.41) is 7.91. The van der Waals surface area contributed by atoms with Crippen molar-refractivity contribution in [1.29, 1.82) is 0 Å². The molecule has 7 heteroatoms. The van der Waals surface area contributed by atoms with Gasteiger partial charge in [-0.25, -0.2) is 0 Å². The van der Waals surface area contributed by atoms with E-state index in [-0.39, 0.29) is 6.10 Å². The highest BCUT2D eigenvalue weighted by atomic mass is 16.5. The van der Waals surface area contributed by atoms with Gasteiger partial charge < -0.3 is 15.0 Å². The van der Waals surface area contributed by atoms with Crippen LogP contribution in [0.15, 0.2) is 16.9 Å². The van der Waals surface area contributed by atoms with E-state index in [1.54, 1.807) is 24.2 Å².